The van der Waals surface area contributed by atoms with E-state index in [2.05, 4.69) is 20.8 Å². The zero-order valence-electron chi connectivity index (χ0n) is 13.5. The number of nitrogens with one attached hydrogen (secondary N) is 2. The number of para-hydroxylation sites is 1. The first-order chi connectivity index (χ1) is 12.8. The standard InChI is InChI=1S/C19H14N4O3/c24-19(20-14-5-2-1-3-6-14)21-15-10-8-13(9-11-15)17-22-18(26-23-17)16-7-4-12-25-16/h1-12H,(H2,20,21,24). The van der Waals surface area contributed by atoms with E-state index in [0.717, 1.165) is 11.3 Å². The number of rotatable bonds is 4. The molecule has 7 heteroatoms. The minimum absolute atomic E-state index is 0.314. The molecule has 0 fully saturated rings. The Morgan fingerprint density at radius 2 is 1.58 bits per heavy atom. The molecule has 0 unspecified atom stereocenters. The molecule has 0 atom stereocenters. The SMILES string of the molecule is O=C(Nc1ccccc1)Nc1ccc(-c2noc(-c3ccco3)n2)cc1. The summed E-state index contributed by atoms with van der Waals surface area (Å²) in [5.41, 5.74) is 2.14. The number of carbonyl (C=O) groups is 1. The van der Waals surface area contributed by atoms with Gasteiger partial charge in [-0.25, -0.2) is 4.79 Å². The molecule has 0 aliphatic rings. The molecule has 0 saturated carbocycles. The monoisotopic (exact) mass is 346 g/mol. The molecular formula is C19H14N4O3. The number of benzene rings is 2. The van der Waals surface area contributed by atoms with Gasteiger partial charge in [0.25, 0.3) is 5.89 Å². The molecule has 0 aliphatic carbocycles. The molecule has 2 amide bonds. The van der Waals surface area contributed by atoms with Crippen molar-refractivity contribution in [3.63, 3.8) is 0 Å². The van der Waals surface area contributed by atoms with E-state index in [1.165, 1.54) is 0 Å². The highest BCUT2D eigenvalue weighted by Crippen LogP contribution is 2.23. The number of anilines is 2. The molecule has 0 spiro atoms. The van der Waals surface area contributed by atoms with Crippen LogP contribution in [0.15, 0.2) is 81.9 Å². The summed E-state index contributed by atoms with van der Waals surface area (Å²) in [5.74, 6) is 1.27. The summed E-state index contributed by atoms with van der Waals surface area (Å²) in [5, 5.41) is 9.47. The minimum atomic E-state index is -0.316. The lowest BCUT2D eigenvalue weighted by Gasteiger charge is -2.07. The van der Waals surface area contributed by atoms with Crippen molar-refractivity contribution in [3.05, 3.63) is 73.0 Å². The summed E-state index contributed by atoms with van der Waals surface area (Å²) in [7, 11) is 0. The molecule has 128 valence electrons. The number of carbonyl (C=O) groups excluding carboxylic acids is 1. The van der Waals surface area contributed by atoms with Crippen LogP contribution in [-0.4, -0.2) is 16.2 Å². The maximum absolute atomic E-state index is 12.0. The highest BCUT2D eigenvalue weighted by molar-refractivity contribution is 5.99. The van der Waals surface area contributed by atoms with Gasteiger partial charge in [-0.15, -0.1) is 0 Å². The van der Waals surface area contributed by atoms with Crippen molar-refractivity contribution in [2.45, 2.75) is 0 Å². The summed E-state index contributed by atoms with van der Waals surface area (Å²) in [6, 6.07) is 19.5. The van der Waals surface area contributed by atoms with Crippen molar-refractivity contribution in [2.24, 2.45) is 0 Å². The number of hydrogen-bond donors (Lipinski definition) is 2. The van der Waals surface area contributed by atoms with Gasteiger partial charge in [-0.1, -0.05) is 23.4 Å². The van der Waals surface area contributed by atoms with Gasteiger partial charge in [-0.2, -0.15) is 4.98 Å². The van der Waals surface area contributed by atoms with Crippen molar-refractivity contribution in [2.75, 3.05) is 10.6 Å². The van der Waals surface area contributed by atoms with Gasteiger partial charge in [0.1, 0.15) is 0 Å². The minimum Gasteiger partial charge on any atom is -0.459 e. The number of aromatic nitrogens is 2. The van der Waals surface area contributed by atoms with Crippen LogP contribution in [-0.2, 0) is 0 Å². The lowest BCUT2D eigenvalue weighted by Crippen LogP contribution is -2.19. The van der Waals surface area contributed by atoms with Crippen LogP contribution in [0, 0.1) is 0 Å². The molecular weight excluding hydrogens is 332 g/mol. The summed E-state index contributed by atoms with van der Waals surface area (Å²) in [6.07, 6.45) is 1.54. The van der Waals surface area contributed by atoms with Crippen LogP contribution in [0.2, 0.25) is 0 Å². The van der Waals surface area contributed by atoms with Gasteiger partial charge >= 0.3 is 6.03 Å². The molecule has 2 aromatic carbocycles. The summed E-state index contributed by atoms with van der Waals surface area (Å²) in [4.78, 5) is 16.3. The maximum Gasteiger partial charge on any atom is 0.323 e. The molecule has 0 bridgehead atoms. The largest absolute Gasteiger partial charge is 0.459 e. The van der Waals surface area contributed by atoms with Crippen LogP contribution in [0.3, 0.4) is 0 Å². The van der Waals surface area contributed by atoms with Crippen LogP contribution >= 0.6 is 0 Å². The Hall–Kier alpha value is -3.87. The Morgan fingerprint density at radius 3 is 2.27 bits per heavy atom. The van der Waals surface area contributed by atoms with Crippen molar-refractivity contribution in [1.82, 2.24) is 10.1 Å². The zero-order valence-corrected chi connectivity index (χ0v) is 13.5. The van der Waals surface area contributed by atoms with Gasteiger partial charge in [0, 0.05) is 16.9 Å². The first-order valence-electron chi connectivity index (χ1n) is 7.89. The van der Waals surface area contributed by atoms with Crippen molar-refractivity contribution in [1.29, 1.82) is 0 Å². The fourth-order valence-electron chi connectivity index (χ4n) is 2.36. The van der Waals surface area contributed by atoms with Gasteiger partial charge in [0.2, 0.25) is 5.82 Å². The van der Waals surface area contributed by atoms with Gasteiger partial charge in [-0.05, 0) is 48.5 Å². The van der Waals surface area contributed by atoms with Crippen LogP contribution in [0.4, 0.5) is 16.2 Å². The average Bonchev–Trinajstić information content (AvgIpc) is 3.35. The van der Waals surface area contributed by atoms with E-state index in [1.807, 2.05) is 30.3 Å². The number of urea groups is 1. The van der Waals surface area contributed by atoms with Gasteiger partial charge in [-0.3, -0.25) is 0 Å². The quantitative estimate of drug-likeness (QED) is 0.561. The molecule has 7 nitrogen and oxygen atoms in total. The Labute approximate surface area is 148 Å². The number of hydrogen-bond acceptors (Lipinski definition) is 5. The fraction of sp³-hybridized carbons (Fsp3) is 0. The predicted molar refractivity (Wildman–Crippen MR) is 96.5 cm³/mol. The number of furan rings is 1. The summed E-state index contributed by atoms with van der Waals surface area (Å²) >= 11 is 0. The number of amides is 2. The second-order valence-corrected chi connectivity index (χ2v) is 5.42. The Bertz CT molecular complexity index is 993. The second kappa shape index (κ2) is 6.94. The fourth-order valence-corrected chi connectivity index (χ4v) is 2.36. The van der Waals surface area contributed by atoms with E-state index in [-0.39, 0.29) is 6.03 Å². The lowest BCUT2D eigenvalue weighted by molar-refractivity contribution is 0.262. The smallest absolute Gasteiger partial charge is 0.323 e. The first-order valence-corrected chi connectivity index (χ1v) is 7.89. The third kappa shape index (κ3) is 3.46. The van der Waals surface area contributed by atoms with E-state index in [1.54, 1.807) is 42.7 Å². The molecule has 26 heavy (non-hydrogen) atoms. The first kappa shape index (κ1) is 15.6. The van der Waals surface area contributed by atoms with E-state index < -0.39 is 0 Å². The number of nitrogens with zero attached hydrogens (tertiary/aromatic N) is 2. The van der Waals surface area contributed by atoms with Gasteiger partial charge in [0.15, 0.2) is 5.76 Å². The molecule has 2 aromatic heterocycles. The van der Waals surface area contributed by atoms with Crippen molar-refractivity contribution in [3.8, 4) is 23.0 Å². The van der Waals surface area contributed by atoms with Crippen LogP contribution in [0.25, 0.3) is 23.0 Å². The van der Waals surface area contributed by atoms with E-state index in [4.69, 9.17) is 8.94 Å². The van der Waals surface area contributed by atoms with Crippen molar-refractivity contribution < 1.29 is 13.7 Å². The Balaban J connectivity index is 1.43. The van der Waals surface area contributed by atoms with E-state index in [9.17, 15) is 4.79 Å². The Kier molecular flexibility index (Phi) is 4.17. The lowest BCUT2D eigenvalue weighted by atomic mass is 10.2. The third-order valence-electron chi connectivity index (χ3n) is 3.59. The molecule has 2 heterocycles. The Morgan fingerprint density at radius 1 is 0.846 bits per heavy atom. The predicted octanol–water partition coefficient (Wildman–Crippen LogP) is 4.64. The molecule has 0 radical (unpaired) electrons. The normalized spacial score (nSPS) is 10.5. The highest BCUT2D eigenvalue weighted by Gasteiger charge is 2.12. The van der Waals surface area contributed by atoms with Crippen LogP contribution in [0.5, 0.6) is 0 Å². The van der Waals surface area contributed by atoms with Crippen molar-refractivity contribution >= 4 is 17.4 Å². The highest BCUT2D eigenvalue weighted by atomic mass is 16.5. The molecule has 4 rings (SSSR count). The van der Waals surface area contributed by atoms with E-state index >= 15 is 0 Å². The average molecular weight is 346 g/mol. The van der Waals surface area contributed by atoms with Gasteiger partial charge < -0.3 is 19.6 Å². The van der Waals surface area contributed by atoms with Gasteiger partial charge in [0.05, 0.1) is 6.26 Å². The summed E-state index contributed by atoms with van der Waals surface area (Å²) < 4.78 is 10.4. The molecule has 0 saturated heterocycles. The van der Waals surface area contributed by atoms with Crippen LogP contribution < -0.4 is 10.6 Å². The third-order valence-corrected chi connectivity index (χ3v) is 3.59. The molecule has 4 aromatic rings. The topological polar surface area (TPSA) is 93.2 Å². The molecule has 2 N–H and O–H groups in total. The zero-order chi connectivity index (χ0) is 17.8. The second-order valence-electron chi connectivity index (χ2n) is 5.42. The van der Waals surface area contributed by atoms with Crippen LogP contribution in [0.1, 0.15) is 0 Å². The summed E-state index contributed by atoms with van der Waals surface area (Å²) in [6.45, 7) is 0. The van der Waals surface area contributed by atoms with E-state index in [0.29, 0.717) is 23.2 Å². The maximum atomic E-state index is 12.0. The molecule has 0 aliphatic heterocycles.